The zero-order chi connectivity index (χ0) is 29.2. The van der Waals surface area contributed by atoms with Crippen LogP contribution in [-0.2, 0) is 0 Å². The molecule has 0 saturated heterocycles. The number of benzene rings is 8. The summed E-state index contributed by atoms with van der Waals surface area (Å²) in [6.45, 7) is 0. The minimum Gasteiger partial charge on any atom is -0.309 e. The van der Waals surface area contributed by atoms with Gasteiger partial charge in [0, 0.05) is 16.5 Å². The lowest BCUT2D eigenvalue weighted by molar-refractivity contribution is 0.629. The van der Waals surface area contributed by atoms with Gasteiger partial charge in [-0.05, 0) is 109 Å². The van der Waals surface area contributed by atoms with E-state index in [0.29, 0.717) is 0 Å². The zero-order valence-corrected chi connectivity index (χ0v) is 23.8. The van der Waals surface area contributed by atoms with Crippen LogP contribution in [-0.4, -0.2) is 4.57 Å². The molecule has 1 nitrogen and oxygen atoms in total. The third-order valence-corrected chi connectivity index (χ3v) is 9.00. The van der Waals surface area contributed by atoms with Gasteiger partial charge >= 0.3 is 0 Å². The Labute approximate surface area is 254 Å². The van der Waals surface area contributed by atoms with Gasteiger partial charge in [0.15, 0.2) is 0 Å². The van der Waals surface area contributed by atoms with E-state index in [0.717, 1.165) is 44.4 Å². The van der Waals surface area contributed by atoms with Gasteiger partial charge < -0.3 is 4.57 Å². The third-order valence-electron chi connectivity index (χ3n) is 9.00. The number of hydrogen-bond acceptors (Lipinski definition) is 0. The summed E-state index contributed by atoms with van der Waals surface area (Å²) < 4.78 is 17.7. The summed E-state index contributed by atoms with van der Waals surface area (Å²) in [7, 11) is 0. The molecule has 0 N–H and O–H groups in total. The first-order chi connectivity index (χ1) is 21.7. The minimum atomic E-state index is -0.243. The molecule has 0 atom stereocenters. The molecular formula is C42H26FN. The zero-order valence-electron chi connectivity index (χ0n) is 23.8. The van der Waals surface area contributed by atoms with Crippen LogP contribution in [0.1, 0.15) is 0 Å². The van der Waals surface area contributed by atoms with Crippen LogP contribution in [0.5, 0.6) is 0 Å². The predicted molar refractivity (Wildman–Crippen MR) is 184 cm³/mol. The molecule has 0 aliphatic rings. The van der Waals surface area contributed by atoms with Crippen molar-refractivity contribution in [3.05, 3.63) is 164 Å². The van der Waals surface area contributed by atoms with E-state index in [9.17, 15) is 0 Å². The summed E-state index contributed by atoms with van der Waals surface area (Å²) in [6.07, 6.45) is 0. The van der Waals surface area contributed by atoms with Crippen molar-refractivity contribution in [1.82, 2.24) is 4.57 Å². The van der Waals surface area contributed by atoms with Gasteiger partial charge in [0.25, 0.3) is 0 Å². The maximum atomic E-state index is 15.4. The van der Waals surface area contributed by atoms with Crippen molar-refractivity contribution >= 4 is 54.1 Å². The highest BCUT2D eigenvalue weighted by molar-refractivity contribution is 6.25. The molecule has 8 aromatic carbocycles. The van der Waals surface area contributed by atoms with Gasteiger partial charge in [-0.25, -0.2) is 4.39 Å². The van der Waals surface area contributed by atoms with E-state index in [1.807, 2.05) is 6.07 Å². The fourth-order valence-electron chi connectivity index (χ4n) is 7.02. The van der Waals surface area contributed by atoms with Crippen LogP contribution >= 0.6 is 0 Å². The smallest absolute Gasteiger partial charge is 0.124 e. The summed E-state index contributed by atoms with van der Waals surface area (Å²) in [6, 6.07) is 54.5. The van der Waals surface area contributed by atoms with Crippen molar-refractivity contribution < 1.29 is 4.39 Å². The molecule has 2 heteroatoms. The molecule has 0 spiro atoms. The molecule has 1 heterocycles. The van der Waals surface area contributed by atoms with E-state index >= 15 is 4.39 Å². The van der Waals surface area contributed by atoms with Crippen molar-refractivity contribution in [1.29, 1.82) is 0 Å². The Morgan fingerprint density at radius 3 is 1.45 bits per heavy atom. The van der Waals surface area contributed by atoms with Gasteiger partial charge in [0.1, 0.15) is 5.82 Å². The number of halogens is 1. The Morgan fingerprint density at radius 1 is 0.318 bits per heavy atom. The van der Waals surface area contributed by atoms with Gasteiger partial charge in [0.05, 0.1) is 11.0 Å². The van der Waals surface area contributed by atoms with E-state index in [1.54, 1.807) is 12.1 Å². The van der Waals surface area contributed by atoms with Crippen LogP contribution in [0.2, 0.25) is 0 Å². The van der Waals surface area contributed by atoms with Crippen molar-refractivity contribution in [3.63, 3.8) is 0 Å². The number of para-hydroxylation sites is 2. The largest absolute Gasteiger partial charge is 0.309 e. The van der Waals surface area contributed by atoms with E-state index in [1.165, 1.54) is 37.7 Å². The molecule has 0 radical (unpaired) electrons. The van der Waals surface area contributed by atoms with E-state index in [4.69, 9.17) is 0 Å². The maximum Gasteiger partial charge on any atom is 0.124 e. The summed E-state index contributed by atoms with van der Waals surface area (Å²) in [4.78, 5) is 0. The molecule has 0 fully saturated rings. The van der Waals surface area contributed by atoms with Gasteiger partial charge in [-0.2, -0.15) is 0 Å². The molecule has 206 valence electrons. The molecule has 0 saturated carbocycles. The lowest BCUT2D eigenvalue weighted by atomic mass is 9.91. The van der Waals surface area contributed by atoms with Gasteiger partial charge in [0.2, 0.25) is 0 Å². The fourth-order valence-corrected chi connectivity index (χ4v) is 7.02. The highest BCUT2D eigenvalue weighted by Crippen LogP contribution is 2.39. The van der Waals surface area contributed by atoms with Crippen LogP contribution in [0.4, 0.5) is 4.39 Å². The lowest BCUT2D eigenvalue weighted by Gasteiger charge is -2.13. The number of hydrogen-bond donors (Lipinski definition) is 0. The molecular weight excluding hydrogens is 537 g/mol. The first-order valence-electron chi connectivity index (χ1n) is 15.0. The van der Waals surface area contributed by atoms with Gasteiger partial charge in [-0.1, -0.05) is 103 Å². The second-order valence-corrected chi connectivity index (χ2v) is 11.5. The van der Waals surface area contributed by atoms with Gasteiger partial charge in [-0.15, -0.1) is 0 Å². The van der Waals surface area contributed by atoms with E-state index < -0.39 is 0 Å². The molecule has 9 rings (SSSR count). The van der Waals surface area contributed by atoms with Crippen molar-refractivity contribution in [2.75, 3.05) is 0 Å². The highest BCUT2D eigenvalue weighted by Gasteiger charge is 2.15. The standard InChI is InChI=1S/C42H26FN/c43-31-23-29(27-18-20-37-35-14-5-4-12-33(35)34-13-6-7-15-36(34)39(37)25-27)22-30(24-31)28-19-21-42-40(26-28)38-16-8-9-17-41(38)44(42)32-10-2-1-3-11-32/h1-26H. The van der Waals surface area contributed by atoms with Crippen molar-refractivity contribution in [2.45, 2.75) is 0 Å². The molecule has 44 heavy (non-hydrogen) atoms. The average molecular weight is 564 g/mol. The highest BCUT2D eigenvalue weighted by atomic mass is 19.1. The first kappa shape index (κ1) is 24.8. The molecule has 0 aliphatic heterocycles. The summed E-state index contributed by atoms with van der Waals surface area (Å²) in [5.74, 6) is -0.243. The van der Waals surface area contributed by atoms with Crippen LogP contribution in [0.15, 0.2) is 158 Å². The van der Waals surface area contributed by atoms with Crippen LogP contribution < -0.4 is 0 Å². The van der Waals surface area contributed by atoms with E-state index in [2.05, 4.69) is 144 Å². The van der Waals surface area contributed by atoms with E-state index in [-0.39, 0.29) is 5.82 Å². The minimum absolute atomic E-state index is 0.243. The van der Waals surface area contributed by atoms with Crippen LogP contribution in [0.25, 0.3) is 82.1 Å². The molecule has 9 aromatic rings. The molecule has 1 aromatic heterocycles. The second kappa shape index (κ2) is 9.65. The maximum absolute atomic E-state index is 15.4. The number of rotatable bonds is 3. The molecule has 0 amide bonds. The summed E-state index contributed by atoms with van der Waals surface area (Å²) in [5, 5.41) is 9.64. The Bertz CT molecular complexity index is 2520. The third kappa shape index (κ3) is 3.78. The first-order valence-corrected chi connectivity index (χ1v) is 15.0. The summed E-state index contributed by atoms with van der Waals surface area (Å²) in [5.41, 5.74) is 7.13. The number of aromatic nitrogens is 1. The number of fused-ring (bicyclic) bond motifs is 9. The van der Waals surface area contributed by atoms with Crippen molar-refractivity contribution in [3.8, 4) is 27.9 Å². The van der Waals surface area contributed by atoms with Crippen molar-refractivity contribution in [2.24, 2.45) is 0 Å². The molecule has 0 aliphatic carbocycles. The Hall–Kier alpha value is -5.73. The predicted octanol–water partition coefficient (Wildman–Crippen LogP) is 11.7. The second-order valence-electron chi connectivity index (χ2n) is 11.5. The van der Waals surface area contributed by atoms with Crippen LogP contribution in [0, 0.1) is 5.82 Å². The van der Waals surface area contributed by atoms with Gasteiger partial charge in [-0.3, -0.25) is 0 Å². The fraction of sp³-hybridized carbons (Fsp3) is 0. The Kier molecular flexibility index (Phi) is 5.45. The summed E-state index contributed by atoms with van der Waals surface area (Å²) >= 11 is 0. The van der Waals surface area contributed by atoms with Crippen LogP contribution in [0.3, 0.4) is 0 Å². The number of nitrogens with zero attached hydrogens (tertiary/aromatic N) is 1. The normalized spacial score (nSPS) is 11.8. The monoisotopic (exact) mass is 563 g/mol. The topological polar surface area (TPSA) is 4.93 Å². The Morgan fingerprint density at radius 2 is 0.795 bits per heavy atom. The SMILES string of the molecule is Fc1cc(-c2ccc3c4ccccc4c4ccccc4c3c2)cc(-c2ccc3c(c2)c2ccccc2n3-c2ccccc2)c1. The quantitative estimate of drug-likeness (QED) is 0.188. The lowest BCUT2D eigenvalue weighted by Crippen LogP contribution is -1.92. The Balaban J connectivity index is 1.23. The molecule has 0 bridgehead atoms. The average Bonchev–Trinajstić information content (AvgIpc) is 3.42. The molecule has 0 unspecified atom stereocenters.